The molecular weight excluding hydrogens is 448 g/mol. The first kappa shape index (κ1) is 23.7. The molecule has 0 bridgehead atoms. The third-order valence-corrected chi connectivity index (χ3v) is 8.40. The molecule has 3 atom stereocenters. The number of benzene rings is 2. The van der Waals surface area contributed by atoms with Gasteiger partial charge in [0, 0.05) is 44.8 Å². The number of hydrogen-bond acceptors (Lipinski definition) is 4. The van der Waals surface area contributed by atoms with E-state index in [1.165, 1.54) is 40.9 Å². The minimum atomic E-state index is 0.0728. The first-order valence-corrected chi connectivity index (χ1v) is 13.7. The van der Waals surface area contributed by atoms with Gasteiger partial charge in [0.25, 0.3) is 0 Å². The minimum Gasteiger partial charge on any atom is -0.378 e. The minimum absolute atomic E-state index is 0.0728. The first-order chi connectivity index (χ1) is 17.5. The van der Waals surface area contributed by atoms with Crippen LogP contribution in [0.4, 0.5) is 5.69 Å². The Labute approximate surface area is 214 Å². The SMILES string of the molecule is CCC(=O)Nc1ccc2c(c1)CC(CN1CC[C@H](n3c(C4CC4)nc4cc(C)ccc43)[C@@H](OC)C1)C2. The maximum absolute atomic E-state index is 11.8. The zero-order valence-electron chi connectivity index (χ0n) is 21.8. The molecule has 2 heterocycles. The summed E-state index contributed by atoms with van der Waals surface area (Å²) in [6, 6.07) is 13.5. The van der Waals surface area contributed by atoms with Crippen molar-refractivity contribution in [2.45, 2.75) is 70.4 Å². The van der Waals surface area contributed by atoms with Gasteiger partial charge in [-0.2, -0.15) is 0 Å². The van der Waals surface area contributed by atoms with Gasteiger partial charge in [-0.1, -0.05) is 19.1 Å². The Morgan fingerprint density at radius 3 is 2.72 bits per heavy atom. The number of methoxy groups -OCH3 is 1. The van der Waals surface area contributed by atoms with Crippen molar-refractivity contribution in [2.75, 3.05) is 32.1 Å². The Kier molecular flexibility index (Phi) is 6.34. The molecule has 2 aromatic carbocycles. The fraction of sp³-hybridized carbons (Fsp3) is 0.533. The van der Waals surface area contributed by atoms with Crippen LogP contribution in [0.1, 0.15) is 67.1 Å². The number of aryl methyl sites for hydroxylation is 1. The molecular formula is C30H38N4O2. The number of fused-ring (bicyclic) bond motifs is 2. The summed E-state index contributed by atoms with van der Waals surface area (Å²) in [6.45, 7) is 7.18. The summed E-state index contributed by atoms with van der Waals surface area (Å²) in [4.78, 5) is 19.5. The fourth-order valence-electron chi connectivity index (χ4n) is 6.40. The van der Waals surface area contributed by atoms with Crippen LogP contribution in [0, 0.1) is 12.8 Å². The Hall–Kier alpha value is -2.70. The normalized spacial score (nSPS) is 24.2. The van der Waals surface area contributed by atoms with Gasteiger partial charge >= 0.3 is 0 Å². The number of nitrogens with zero attached hydrogens (tertiary/aromatic N) is 3. The lowest BCUT2D eigenvalue weighted by Crippen LogP contribution is -2.47. The number of ether oxygens (including phenoxy) is 1. The van der Waals surface area contributed by atoms with Gasteiger partial charge in [0.15, 0.2) is 0 Å². The maximum atomic E-state index is 11.8. The molecule has 0 spiro atoms. The van der Waals surface area contributed by atoms with E-state index >= 15 is 0 Å². The van der Waals surface area contributed by atoms with Gasteiger partial charge < -0.3 is 19.5 Å². The average Bonchev–Trinajstić information content (AvgIpc) is 3.55. The summed E-state index contributed by atoms with van der Waals surface area (Å²) in [7, 11) is 1.87. The van der Waals surface area contributed by atoms with Crippen molar-refractivity contribution >= 4 is 22.6 Å². The van der Waals surface area contributed by atoms with Crippen LogP contribution >= 0.6 is 0 Å². The van der Waals surface area contributed by atoms with E-state index in [9.17, 15) is 4.79 Å². The van der Waals surface area contributed by atoms with Crippen molar-refractivity contribution in [1.29, 1.82) is 0 Å². The Morgan fingerprint density at radius 2 is 1.94 bits per heavy atom. The molecule has 6 nitrogen and oxygen atoms in total. The first-order valence-electron chi connectivity index (χ1n) is 13.7. The van der Waals surface area contributed by atoms with Crippen LogP contribution in [0.2, 0.25) is 0 Å². The second-order valence-electron chi connectivity index (χ2n) is 11.2. The fourth-order valence-corrected chi connectivity index (χ4v) is 6.40. The van der Waals surface area contributed by atoms with Gasteiger partial charge in [0.2, 0.25) is 5.91 Å². The van der Waals surface area contributed by atoms with Crippen molar-refractivity contribution in [3.63, 3.8) is 0 Å². The maximum Gasteiger partial charge on any atom is 0.224 e. The van der Waals surface area contributed by atoms with Gasteiger partial charge in [-0.25, -0.2) is 4.98 Å². The predicted molar refractivity (Wildman–Crippen MR) is 144 cm³/mol. The summed E-state index contributed by atoms with van der Waals surface area (Å²) < 4.78 is 8.68. The summed E-state index contributed by atoms with van der Waals surface area (Å²) in [5, 5.41) is 3.01. The quantitative estimate of drug-likeness (QED) is 0.496. The van der Waals surface area contributed by atoms with Gasteiger partial charge in [0.05, 0.1) is 23.2 Å². The molecule has 6 rings (SSSR count). The number of anilines is 1. The zero-order valence-corrected chi connectivity index (χ0v) is 21.8. The van der Waals surface area contributed by atoms with E-state index in [4.69, 9.17) is 9.72 Å². The number of imidazole rings is 1. The Bertz CT molecular complexity index is 1280. The van der Waals surface area contributed by atoms with Crippen LogP contribution in [0.3, 0.4) is 0 Å². The highest BCUT2D eigenvalue weighted by molar-refractivity contribution is 5.90. The largest absolute Gasteiger partial charge is 0.378 e. The second kappa shape index (κ2) is 9.64. The van der Waals surface area contributed by atoms with Crippen molar-refractivity contribution < 1.29 is 9.53 Å². The molecule has 3 aliphatic rings. The molecule has 1 aliphatic heterocycles. The molecule has 0 radical (unpaired) electrons. The van der Waals surface area contributed by atoms with Crippen LogP contribution in [0.25, 0.3) is 11.0 Å². The van der Waals surface area contributed by atoms with Crippen molar-refractivity contribution in [1.82, 2.24) is 14.5 Å². The Morgan fingerprint density at radius 1 is 1.11 bits per heavy atom. The number of rotatable bonds is 7. The monoisotopic (exact) mass is 486 g/mol. The molecule has 1 unspecified atom stereocenters. The van der Waals surface area contributed by atoms with Crippen LogP contribution in [0.15, 0.2) is 36.4 Å². The van der Waals surface area contributed by atoms with Crippen LogP contribution in [-0.4, -0.2) is 53.2 Å². The van der Waals surface area contributed by atoms with Gasteiger partial charge in [0.1, 0.15) is 5.82 Å². The third kappa shape index (κ3) is 4.57. The van der Waals surface area contributed by atoms with E-state index in [1.807, 2.05) is 14.0 Å². The van der Waals surface area contributed by atoms with E-state index in [0.29, 0.717) is 24.3 Å². The summed E-state index contributed by atoms with van der Waals surface area (Å²) in [5.74, 6) is 2.57. The standard InChI is InChI=1S/C30H38N4O2/c1-4-29(35)31-24-9-8-22-14-20(15-23(22)16-24)17-33-12-11-27(28(18-33)36-3)34-26-10-5-19(2)13-25(26)32-30(34)21-6-7-21/h5,8-10,13,16,20-21,27-28H,4,6-7,11-12,14-15,17-18H2,1-3H3,(H,31,35)/t20?,27-,28-/m0/s1. The molecule has 2 aliphatic carbocycles. The van der Waals surface area contributed by atoms with Gasteiger partial charge in [-0.3, -0.25) is 4.79 Å². The van der Waals surface area contributed by atoms with Gasteiger partial charge in [-0.15, -0.1) is 0 Å². The van der Waals surface area contributed by atoms with Gasteiger partial charge in [-0.05, 0) is 85.9 Å². The molecule has 1 aromatic heterocycles. The zero-order chi connectivity index (χ0) is 24.8. The highest BCUT2D eigenvalue weighted by Gasteiger charge is 2.38. The molecule has 3 aromatic rings. The molecule has 36 heavy (non-hydrogen) atoms. The molecule has 1 N–H and O–H groups in total. The smallest absolute Gasteiger partial charge is 0.224 e. The number of carbonyl (C=O) groups is 1. The predicted octanol–water partition coefficient (Wildman–Crippen LogP) is 5.25. The highest BCUT2D eigenvalue weighted by atomic mass is 16.5. The van der Waals surface area contributed by atoms with E-state index in [2.05, 4.69) is 58.1 Å². The lowest BCUT2D eigenvalue weighted by molar-refractivity contribution is -0.115. The molecule has 1 saturated heterocycles. The molecule has 2 fully saturated rings. The number of aromatic nitrogens is 2. The summed E-state index contributed by atoms with van der Waals surface area (Å²) in [5.41, 5.74) is 7.41. The molecule has 1 saturated carbocycles. The van der Waals surface area contributed by atoms with Crippen molar-refractivity contribution in [3.05, 3.63) is 58.9 Å². The summed E-state index contributed by atoms with van der Waals surface area (Å²) >= 11 is 0. The van der Waals surface area contributed by atoms with Crippen LogP contribution in [-0.2, 0) is 22.4 Å². The van der Waals surface area contributed by atoms with Crippen LogP contribution < -0.4 is 5.32 Å². The third-order valence-electron chi connectivity index (χ3n) is 8.40. The number of hydrogen-bond donors (Lipinski definition) is 1. The lowest BCUT2D eigenvalue weighted by atomic mass is 9.98. The molecule has 190 valence electrons. The average molecular weight is 487 g/mol. The summed E-state index contributed by atoms with van der Waals surface area (Å²) in [6.07, 6.45) is 6.47. The highest BCUT2D eigenvalue weighted by Crippen LogP contribution is 2.43. The second-order valence-corrected chi connectivity index (χ2v) is 11.2. The van der Waals surface area contributed by atoms with E-state index in [1.54, 1.807) is 0 Å². The number of amides is 1. The van der Waals surface area contributed by atoms with E-state index < -0.39 is 0 Å². The number of piperidine rings is 1. The number of nitrogens with one attached hydrogen (secondary N) is 1. The van der Waals surface area contributed by atoms with Crippen molar-refractivity contribution in [2.24, 2.45) is 5.92 Å². The number of carbonyl (C=O) groups excluding carboxylic acids is 1. The molecule has 1 amide bonds. The van der Waals surface area contributed by atoms with E-state index in [-0.39, 0.29) is 12.0 Å². The lowest BCUT2D eigenvalue weighted by Gasteiger charge is -2.40. The molecule has 6 heteroatoms. The Balaban J connectivity index is 1.15. The topological polar surface area (TPSA) is 59.4 Å². The van der Waals surface area contributed by atoms with Crippen molar-refractivity contribution in [3.8, 4) is 0 Å². The van der Waals surface area contributed by atoms with Crippen LogP contribution in [0.5, 0.6) is 0 Å². The van der Waals surface area contributed by atoms with E-state index in [0.717, 1.165) is 50.1 Å². The number of likely N-dealkylation sites (tertiary alicyclic amines) is 1.